The number of fused-ring (bicyclic) bond motifs is 2. The zero-order chi connectivity index (χ0) is 25.6. The van der Waals surface area contributed by atoms with Gasteiger partial charge in [0.1, 0.15) is 5.56 Å². The molecule has 0 aliphatic carbocycles. The molecule has 4 heterocycles. The van der Waals surface area contributed by atoms with Crippen LogP contribution in [0.25, 0.3) is 5.52 Å². The highest BCUT2D eigenvalue weighted by atomic mass is 32.2. The summed E-state index contributed by atoms with van der Waals surface area (Å²) >= 11 is 0. The van der Waals surface area contributed by atoms with Gasteiger partial charge in [-0.25, -0.2) is 17.3 Å². The number of rotatable bonds is 6. The maximum atomic E-state index is 14.9. The number of anilines is 1. The van der Waals surface area contributed by atoms with Crippen LogP contribution in [-0.4, -0.2) is 61.6 Å². The van der Waals surface area contributed by atoms with E-state index in [-0.39, 0.29) is 28.9 Å². The molecule has 1 unspecified atom stereocenters. The van der Waals surface area contributed by atoms with Crippen LogP contribution >= 0.6 is 0 Å². The van der Waals surface area contributed by atoms with E-state index < -0.39 is 21.7 Å². The van der Waals surface area contributed by atoms with Crippen molar-refractivity contribution in [3.05, 3.63) is 47.4 Å². The molecule has 2 N–H and O–H groups in total. The van der Waals surface area contributed by atoms with Crippen molar-refractivity contribution < 1.29 is 27.1 Å². The van der Waals surface area contributed by atoms with Crippen LogP contribution in [0.1, 0.15) is 48.1 Å². The van der Waals surface area contributed by atoms with E-state index in [9.17, 15) is 17.6 Å². The Labute approximate surface area is 208 Å². The topological polar surface area (TPSA) is 119 Å². The number of primary amides is 1. The second-order valence-electron chi connectivity index (χ2n) is 8.91. The predicted octanol–water partition coefficient (Wildman–Crippen LogP) is 2.72. The van der Waals surface area contributed by atoms with E-state index in [1.54, 1.807) is 25.3 Å². The number of aromatic nitrogens is 2. The van der Waals surface area contributed by atoms with E-state index in [0.29, 0.717) is 37.4 Å². The zero-order valence-corrected chi connectivity index (χ0v) is 20.9. The molecule has 2 aromatic heterocycles. The number of carbonyl (C=O) groups excluding carboxylic acids is 1. The summed E-state index contributed by atoms with van der Waals surface area (Å²) in [5.74, 6) is -0.813. The van der Waals surface area contributed by atoms with Crippen molar-refractivity contribution in [3.63, 3.8) is 0 Å². The number of hydrogen-bond donors (Lipinski definition) is 1. The van der Waals surface area contributed by atoms with E-state index in [0.717, 1.165) is 28.4 Å². The minimum absolute atomic E-state index is 0.137. The molecule has 1 aromatic carbocycles. The van der Waals surface area contributed by atoms with Crippen LogP contribution in [0.5, 0.6) is 11.5 Å². The summed E-state index contributed by atoms with van der Waals surface area (Å²) in [6.07, 6.45) is 3.94. The molecule has 3 aromatic rings. The summed E-state index contributed by atoms with van der Waals surface area (Å²) in [6, 6.07) is 6.66. The van der Waals surface area contributed by atoms with Gasteiger partial charge in [-0.2, -0.15) is 9.40 Å². The first kappa shape index (κ1) is 24.3. The first-order chi connectivity index (χ1) is 17.2. The average molecular weight is 518 g/mol. The standard InChI is InChI=1S/C24H28FN5O5S/c1-3-28(2)36(32,33)24-21(23(26)31)19-14-16(7-9-30(19)27-24)29-8-4-6-18(29)15-12-17(25)22-20(13-15)34-10-5-11-35-22/h7,9,12-14,18H,3-6,8,10-11H2,1-2H3,(H2,26,31). The average Bonchev–Trinajstić information content (AvgIpc) is 3.42. The Balaban J connectivity index is 1.57. The lowest BCUT2D eigenvalue weighted by molar-refractivity contribution is 0.0998. The molecular weight excluding hydrogens is 489 g/mol. The Morgan fingerprint density at radius 3 is 2.78 bits per heavy atom. The predicted molar refractivity (Wildman–Crippen MR) is 131 cm³/mol. The second-order valence-corrected chi connectivity index (χ2v) is 10.9. The summed E-state index contributed by atoms with van der Waals surface area (Å²) in [5.41, 5.74) is 7.25. The van der Waals surface area contributed by atoms with Crippen molar-refractivity contribution in [1.29, 1.82) is 0 Å². The number of amides is 1. The Bertz CT molecular complexity index is 1440. The number of nitrogens with two attached hydrogens (primary N) is 1. The molecule has 0 bridgehead atoms. The molecule has 10 nitrogen and oxygen atoms in total. The minimum atomic E-state index is -4.01. The summed E-state index contributed by atoms with van der Waals surface area (Å²) in [6.45, 7) is 3.45. The number of halogens is 1. The van der Waals surface area contributed by atoms with Gasteiger partial charge in [0.05, 0.1) is 24.8 Å². The Kier molecular flexibility index (Phi) is 6.25. The van der Waals surface area contributed by atoms with Gasteiger partial charge in [0.15, 0.2) is 17.3 Å². The van der Waals surface area contributed by atoms with Crippen molar-refractivity contribution in [2.45, 2.75) is 37.3 Å². The number of sulfonamides is 1. The van der Waals surface area contributed by atoms with E-state index in [4.69, 9.17) is 15.2 Å². The SMILES string of the molecule is CCN(C)S(=O)(=O)c1nn2ccc(N3CCCC3c3cc(F)c4c(c3)OCCCO4)cc2c1C(N)=O. The molecule has 0 saturated carbocycles. The van der Waals surface area contributed by atoms with Gasteiger partial charge in [0.25, 0.3) is 15.9 Å². The summed E-state index contributed by atoms with van der Waals surface area (Å²) < 4.78 is 54.6. The van der Waals surface area contributed by atoms with Gasteiger partial charge in [0.2, 0.25) is 5.03 Å². The number of carbonyl (C=O) groups is 1. The van der Waals surface area contributed by atoms with Crippen molar-refractivity contribution in [1.82, 2.24) is 13.9 Å². The summed E-state index contributed by atoms with van der Waals surface area (Å²) in [4.78, 5) is 14.5. The molecule has 36 heavy (non-hydrogen) atoms. The van der Waals surface area contributed by atoms with Gasteiger partial charge >= 0.3 is 0 Å². The van der Waals surface area contributed by atoms with Crippen LogP contribution in [0.3, 0.4) is 0 Å². The van der Waals surface area contributed by atoms with Gasteiger partial charge in [-0.1, -0.05) is 6.92 Å². The highest BCUT2D eigenvalue weighted by Crippen LogP contribution is 2.42. The van der Waals surface area contributed by atoms with Crippen LogP contribution in [0.4, 0.5) is 10.1 Å². The molecule has 5 rings (SSSR count). The fourth-order valence-electron chi connectivity index (χ4n) is 4.79. The molecule has 0 radical (unpaired) electrons. The molecule has 1 atom stereocenters. The van der Waals surface area contributed by atoms with Crippen LogP contribution in [0.15, 0.2) is 35.5 Å². The van der Waals surface area contributed by atoms with Crippen molar-refractivity contribution in [2.24, 2.45) is 5.73 Å². The first-order valence-corrected chi connectivity index (χ1v) is 13.3. The Morgan fingerprint density at radius 2 is 2.03 bits per heavy atom. The Morgan fingerprint density at radius 1 is 1.25 bits per heavy atom. The maximum absolute atomic E-state index is 14.9. The third-order valence-electron chi connectivity index (χ3n) is 6.73. The minimum Gasteiger partial charge on any atom is -0.489 e. The molecular formula is C24H28FN5O5S. The van der Waals surface area contributed by atoms with Gasteiger partial charge in [-0.15, -0.1) is 0 Å². The number of ether oxygens (including phenoxy) is 2. The van der Waals surface area contributed by atoms with E-state index in [2.05, 4.69) is 10.00 Å². The highest BCUT2D eigenvalue weighted by molar-refractivity contribution is 7.89. The molecule has 2 aliphatic rings. The summed E-state index contributed by atoms with van der Waals surface area (Å²) in [7, 11) is -2.59. The molecule has 1 saturated heterocycles. The lowest BCUT2D eigenvalue weighted by atomic mass is 10.0. The van der Waals surface area contributed by atoms with Crippen LogP contribution in [-0.2, 0) is 10.0 Å². The number of nitrogens with zero attached hydrogens (tertiary/aromatic N) is 4. The molecule has 2 aliphatic heterocycles. The van der Waals surface area contributed by atoms with Crippen LogP contribution < -0.4 is 20.1 Å². The third kappa shape index (κ3) is 4.03. The number of benzene rings is 1. The van der Waals surface area contributed by atoms with Gasteiger partial charge in [0, 0.05) is 38.4 Å². The molecule has 0 spiro atoms. The van der Waals surface area contributed by atoms with Gasteiger partial charge < -0.3 is 20.1 Å². The molecule has 12 heteroatoms. The monoisotopic (exact) mass is 517 g/mol. The maximum Gasteiger partial charge on any atom is 0.262 e. The normalized spacial score (nSPS) is 18.1. The lowest BCUT2D eigenvalue weighted by Gasteiger charge is -2.28. The third-order valence-corrected chi connectivity index (χ3v) is 8.58. The zero-order valence-electron chi connectivity index (χ0n) is 20.1. The number of hydrogen-bond acceptors (Lipinski definition) is 7. The van der Waals surface area contributed by atoms with Crippen LogP contribution in [0.2, 0.25) is 0 Å². The van der Waals surface area contributed by atoms with Gasteiger partial charge in [-0.3, -0.25) is 4.79 Å². The smallest absolute Gasteiger partial charge is 0.262 e. The molecule has 1 fully saturated rings. The van der Waals surface area contributed by atoms with Crippen molar-refractivity contribution in [3.8, 4) is 11.5 Å². The van der Waals surface area contributed by atoms with E-state index in [1.807, 2.05) is 6.07 Å². The van der Waals surface area contributed by atoms with E-state index >= 15 is 0 Å². The fourth-order valence-corrected chi connectivity index (χ4v) is 6.08. The van der Waals surface area contributed by atoms with Crippen molar-refractivity contribution in [2.75, 3.05) is 38.3 Å². The molecule has 192 valence electrons. The van der Waals surface area contributed by atoms with Crippen LogP contribution in [0, 0.1) is 5.82 Å². The number of pyridine rings is 1. The Hall–Kier alpha value is -3.38. The second kappa shape index (κ2) is 9.25. The van der Waals surface area contributed by atoms with Gasteiger partial charge in [-0.05, 0) is 42.7 Å². The highest BCUT2D eigenvalue weighted by Gasteiger charge is 2.33. The summed E-state index contributed by atoms with van der Waals surface area (Å²) in [5, 5.41) is 3.80. The van der Waals surface area contributed by atoms with E-state index in [1.165, 1.54) is 17.6 Å². The van der Waals surface area contributed by atoms with Crippen molar-refractivity contribution >= 4 is 27.1 Å². The largest absolute Gasteiger partial charge is 0.489 e. The molecule has 1 amide bonds. The fraction of sp³-hybridized carbons (Fsp3) is 0.417. The quantitative estimate of drug-likeness (QED) is 0.534. The lowest BCUT2D eigenvalue weighted by Crippen LogP contribution is -2.29. The first-order valence-electron chi connectivity index (χ1n) is 11.9.